The largest absolute Gasteiger partial charge is 0.390 e. The highest BCUT2D eigenvalue weighted by atomic mass is 16.6. The first-order valence-electron chi connectivity index (χ1n) is 7.38. The third kappa shape index (κ3) is 1.00. The van der Waals surface area contributed by atoms with Crippen LogP contribution in [0, 0.1) is 23.7 Å². The van der Waals surface area contributed by atoms with E-state index in [0.29, 0.717) is 5.92 Å². The predicted octanol–water partition coefficient (Wildman–Crippen LogP) is 1.39. The Hall–Kier alpha value is -1.39. The van der Waals surface area contributed by atoms with Gasteiger partial charge in [-0.2, -0.15) is 0 Å². The second kappa shape index (κ2) is 3.26. The van der Waals surface area contributed by atoms with Crippen molar-refractivity contribution in [2.75, 3.05) is 4.90 Å². The first-order valence-corrected chi connectivity index (χ1v) is 7.38. The van der Waals surface area contributed by atoms with Gasteiger partial charge in [-0.15, -0.1) is 0 Å². The number of benzene rings is 1. The molecule has 0 unspecified atom stereocenters. The maximum Gasteiger partial charge on any atom is 0.233 e. The molecule has 104 valence electrons. The number of fused-ring (bicyclic) bond motifs is 2. The van der Waals surface area contributed by atoms with Gasteiger partial charge in [0.2, 0.25) is 5.91 Å². The van der Waals surface area contributed by atoms with E-state index in [1.165, 1.54) is 0 Å². The van der Waals surface area contributed by atoms with Crippen molar-refractivity contribution in [2.24, 2.45) is 23.7 Å². The van der Waals surface area contributed by atoms with E-state index in [9.17, 15) is 9.90 Å². The van der Waals surface area contributed by atoms with Gasteiger partial charge in [-0.05, 0) is 37.3 Å². The smallest absolute Gasteiger partial charge is 0.233 e. The van der Waals surface area contributed by atoms with E-state index in [2.05, 4.69) is 0 Å². The van der Waals surface area contributed by atoms with E-state index in [1.54, 1.807) is 0 Å². The number of nitrogens with zero attached hydrogens (tertiary/aromatic N) is 1. The van der Waals surface area contributed by atoms with Crippen LogP contribution in [0.15, 0.2) is 30.3 Å². The number of ether oxygens (including phenoxy) is 1. The maximum absolute atomic E-state index is 12.9. The average molecular weight is 271 g/mol. The van der Waals surface area contributed by atoms with Crippen molar-refractivity contribution in [3.8, 4) is 0 Å². The van der Waals surface area contributed by atoms with Gasteiger partial charge in [0.1, 0.15) is 5.72 Å². The molecule has 2 aliphatic carbocycles. The molecule has 2 saturated carbocycles. The second-order valence-corrected chi connectivity index (χ2v) is 6.75. The predicted molar refractivity (Wildman–Crippen MR) is 71.8 cm³/mol. The van der Waals surface area contributed by atoms with Crippen LogP contribution < -0.4 is 4.90 Å². The van der Waals surface area contributed by atoms with E-state index in [1.807, 2.05) is 42.2 Å². The van der Waals surface area contributed by atoms with E-state index >= 15 is 0 Å². The van der Waals surface area contributed by atoms with Crippen molar-refractivity contribution in [3.63, 3.8) is 0 Å². The maximum atomic E-state index is 12.9. The molecule has 1 amide bonds. The topological polar surface area (TPSA) is 49.8 Å². The molecule has 0 aromatic heterocycles. The zero-order valence-corrected chi connectivity index (χ0v) is 11.3. The van der Waals surface area contributed by atoms with Crippen LogP contribution in [-0.2, 0) is 9.53 Å². The lowest BCUT2D eigenvalue weighted by atomic mass is 9.77. The Morgan fingerprint density at radius 2 is 2.05 bits per heavy atom. The van der Waals surface area contributed by atoms with Gasteiger partial charge in [-0.1, -0.05) is 18.2 Å². The lowest BCUT2D eigenvalue weighted by molar-refractivity contribution is -0.131. The van der Waals surface area contributed by atoms with Crippen LogP contribution in [0.2, 0.25) is 0 Å². The van der Waals surface area contributed by atoms with Crippen molar-refractivity contribution in [3.05, 3.63) is 30.3 Å². The summed E-state index contributed by atoms with van der Waals surface area (Å²) in [4.78, 5) is 14.7. The fourth-order valence-electron chi connectivity index (χ4n) is 5.44. The number of hydrogen-bond donors (Lipinski definition) is 1. The first-order chi connectivity index (χ1) is 9.63. The van der Waals surface area contributed by atoms with Crippen molar-refractivity contribution in [1.29, 1.82) is 0 Å². The summed E-state index contributed by atoms with van der Waals surface area (Å²) in [7, 11) is 0. The molecule has 20 heavy (non-hydrogen) atoms. The minimum absolute atomic E-state index is 0.0565. The van der Waals surface area contributed by atoms with Gasteiger partial charge in [-0.25, -0.2) is 0 Å². The summed E-state index contributed by atoms with van der Waals surface area (Å²) in [6.45, 7) is 2.02. The molecule has 4 aliphatic rings. The van der Waals surface area contributed by atoms with Crippen molar-refractivity contribution in [1.82, 2.24) is 0 Å². The van der Waals surface area contributed by atoms with Gasteiger partial charge < -0.3 is 9.84 Å². The van der Waals surface area contributed by atoms with E-state index < -0.39 is 11.8 Å². The van der Waals surface area contributed by atoms with Crippen molar-refractivity contribution in [2.45, 2.75) is 31.3 Å². The van der Waals surface area contributed by atoms with Gasteiger partial charge >= 0.3 is 0 Å². The number of amides is 1. The molecular weight excluding hydrogens is 254 g/mol. The fraction of sp³-hybridized carbons (Fsp3) is 0.562. The Labute approximate surface area is 117 Å². The molecule has 4 heteroatoms. The summed E-state index contributed by atoms with van der Waals surface area (Å²) >= 11 is 0. The highest BCUT2D eigenvalue weighted by molar-refractivity contribution is 6.00. The van der Waals surface area contributed by atoms with Crippen LogP contribution in [0.5, 0.6) is 0 Å². The highest BCUT2D eigenvalue weighted by Gasteiger charge is 2.77. The molecule has 7 atom stereocenters. The standard InChI is InChI=1S/C16H17NO3/c1-16-12-10-7-9(13(18)14(10)20-16)11(12)15(19)17(16)8-5-3-2-4-6-8/h2-6,9-14,18H,7H2,1H3/t9-,10-,11+,12-,13+,14-,16-/m0/s1. The SMILES string of the molecule is C[C@]12O[C@@H]3[C@H](O)[C@H]4C[C@H]3[C@H]1[C@@H]4C(=O)N2c1ccccc1. The molecule has 4 nitrogen and oxygen atoms in total. The Morgan fingerprint density at radius 3 is 2.80 bits per heavy atom. The molecule has 0 spiro atoms. The van der Waals surface area contributed by atoms with Crippen LogP contribution in [0.1, 0.15) is 13.3 Å². The van der Waals surface area contributed by atoms with Gasteiger partial charge in [0.25, 0.3) is 0 Å². The lowest BCUT2D eigenvalue weighted by Crippen LogP contribution is -2.49. The number of hydrogen-bond acceptors (Lipinski definition) is 3. The second-order valence-electron chi connectivity index (χ2n) is 6.75. The molecule has 2 aliphatic heterocycles. The number of carbonyl (C=O) groups excluding carboxylic acids is 1. The van der Waals surface area contributed by atoms with Crippen LogP contribution in [0.25, 0.3) is 0 Å². The minimum atomic E-state index is -0.579. The average Bonchev–Trinajstić information content (AvgIpc) is 3.08. The number of para-hydroxylation sites is 1. The van der Waals surface area contributed by atoms with Crippen LogP contribution >= 0.6 is 0 Å². The summed E-state index contributed by atoms with van der Waals surface area (Å²) in [5.74, 6) is 0.765. The van der Waals surface area contributed by atoms with E-state index in [0.717, 1.165) is 12.1 Å². The zero-order valence-electron chi connectivity index (χ0n) is 11.3. The number of rotatable bonds is 1. The molecular formula is C16H17NO3. The zero-order chi connectivity index (χ0) is 13.6. The summed E-state index contributed by atoms with van der Waals surface area (Å²) in [6, 6.07) is 9.77. The molecule has 2 bridgehead atoms. The van der Waals surface area contributed by atoms with Gasteiger partial charge in [0.15, 0.2) is 0 Å². The molecule has 0 radical (unpaired) electrons. The van der Waals surface area contributed by atoms with Crippen molar-refractivity contribution >= 4 is 11.6 Å². The number of aliphatic hydroxyl groups excluding tert-OH is 1. The van der Waals surface area contributed by atoms with Gasteiger partial charge in [-0.3, -0.25) is 9.69 Å². The van der Waals surface area contributed by atoms with E-state index in [4.69, 9.17) is 4.74 Å². The fourth-order valence-corrected chi connectivity index (χ4v) is 5.44. The van der Waals surface area contributed by atoms with E-state index in [-0.39, 0.29) is 29.8 Å². The summed E-state index contributed by atoms with van der Waals surface area (Å²) in [5, 5.41) is 10.3. The van der Waals surface area contributed by atoms with Gasteiger partial charge in [0, 0.05) is 11.6 Å². The third-order valence-corrected chi connectivity index (χ3v) is 6.01. The first kappa shape index (κ1) is 11.3. The highest BCUT2D eigenvalue weighted by Crippen LogP contribution is 2.67. The molecule has 2 heterocycles. The summed E-state index contributed by atoms with van der Waals surface area (Å²) in [5.41, 5.74) is 0.328. The van der Waals surface area contributed by atoms with Crippen LogP contribution in [0.4, 0.5) is 5.69 Å². The van der Waals surface area contributed by atoms with Crippen LogP contribution in [0.3, 0.4) is 0 Å². The lowest BCUT2D eigenvalue weighted by Gasteiger charge is -2.36. The summed E-state index contributed by atoms with van der Waals surface area (Å²) in [6.07, 6.45) is 0.418. The molecule has 1 aromatic rings. The molecule has 1 N–H and O–H groups in total. The molecule has 5 rings (SSSR count). The number of anilines is 1. The molecule has 4 fully saturated rings. The number of carbonyl (C=O) groups is 1. The Balaban J connectivity index is 1.67. The summed E-state index contributed by atoms with van der Waals surface area (Å²) < 4.78 is 6.22. The normalized spacial score (nSPS) is 51.3. The van der Waals surface area contributed by atoms with Crippen LogP contribution in [-0.4, -0.2) is 28.9 Å². The minimum Gasteiger partial charge on any atom is -0.390 e. The third-order valence-electron chi connectivity index (χ3n) is 6.01. The molecule has 2 saturated heterocycles. The molecule has 1 aromatic carbocycles. The monoisotopic (exact) mass is 271 g/mol. The van der Waals surface area contributed by atoms with Gasteiger partial charge in [0.05, 0.1) is 18.1 Å². The Kier molecular flexibility index (Phi) is 1.84. The number of aliphatic hydroxyl groups is 1. The quantitative estimate of drug-likeness (QED) is 0.839. The van der Waals surface area contributed by atoms with Crippen molar-refractivity contribution < 1.29 is 14.6 Å². The Bertz CT molecular complexity index is 603. The Morgan fingerprint density at radius 1 is 1.30 bits per heavy atom.